The Labute approximate surface area is 148 Å². The monoisotopic (exact) mass is 317 g/mol. The SMILES string of the molecule is [2H]C([2H])(C)c1nc(-c2ccccc2)cc(-c2ccccc2)c1C(C)(C)C. The molecule has 3 aromatic rings. The Morgan fingerprint density at radius 3 is 1.92 bits per heavy atom. The van der Waals surface area contributed by atoms with Crippen LogP contribution in [0.5, 0.6) is 0 Å². The van der Waals surface area contributed by atoms with Gasteiger partial charge in [0.05, 0.1) is 5.69 Å². The van der Waals surface area contributed by atoms with Gasteiger partial charge < -0.3 is 0 Å². The van der Waals surface area contributed by atoms with Crippen molar-refractivity contribution in [3.63, 3.8) is 0 Å². The summed E-state index contributed by atoms with van der Waals surface area (Å²) in [5, 5.41) is 0. The molecule has 2 aromatic carbocycles. The molecule has 1 heterocycles. The van der Waals surface area contributed by atoms with Crippen LogP contribution in [0.4, 0.5) is 0 Å². The molecule has 0 aliphatic heterocycles. The average molecular weight is 317 g/mol. The summed E-state index contributed by atoms with van der Waals surface area (Å²) >= 11 is 0. The van der Waals surface area contributed by atoms with E-state index in [0.717, 1.165) is 27.9 Å². The second-order valence-electron chi connectivity index (χ2n) is 7.01. The van der Waals surface area contributed by atoms with Gasteiger partial charge in [0.1, 0.15) is 0 Å². The third-order valence-electron chi connectivity index (χ3n) is 4.16. The summed E-state index contributed by atoms with van der Waals surface area (Å²) < 4.78 is 16.8. The Morgan fingerprint density at radius 1 is 0.875 bits per heavy atom. The van der Waals surface area contributed by atoms with E-state index in [2.05, 4.69) is 39.0 Å². The highest BCUT2D eigenvalue weighted by Crippen LogP contribution is 2.37. The van der Waals surface area contributed by atoms with Crippen LogP contribution in [0.3, 0.4) is 0 Å². The van der Waals surface area contributed by atoms with Crippen molar-refractivity contribution in [2.45, 2.75) is 39.5 Å². The molecule has 0 N–H and O–H groups in total. The predicted molar refractivity (Wildman–Crippen MR) is 103 cm³/mol. The van der Waals surface area contributed by atoms with Gasteiger partial charge in [0.2, 0.25) is 0 Å². The summed E-state index contributed by atoms with van der Waals surface area (Å²) in [5.41, 5.74) is 5.19. The van der Waals surface area contributed by atoms with Gasteiger partial charge in [-0.1, -0.05) is 88.4 Å². The van der Waals surface area contributed by atoms with Crippen molar-refractivity contribution in [1.82, 2.24) is 4.98 Å². The number of rotatable bonds is 3. The zero-order valence-corrected chi connectivity index (χ0v) is 14.8. The number of benzene rings is 2. The van der Waals surface area contributed by atoms with Crippen molar-refractivity contribution in [3.05, 3.63) is 78.0 Å². The fraction of sp³-hybridized carbons (Fsp3) is 0.261. The number of aryl methyl sites for hydroxylation is 1. The maximum Gasteiger partial charge on any atom is 0.0711 e. The minimum Gasteiger partial charge on any atom is -0.253 e. The Kier molecular flexibility index (Phi) is 3.85. The van der Waals surface area contributed by atoms with Gasteiger partial charge in [0.25, 0.3) is 0 Å². The minimum atomic E-state index is -1.53. The first-order valence-electron chi connectivity index (χ1n) is 9.35. The smallest absolute Gasteiger partial charge is 0.0711 e. The van der Waals surface area contributed by atoms with Crippen LogP contribution >= 0.6 is 0 Å². The van der Waals surface area contributed by atoms with Crippen LogP contribution in [0.25, 0.3) is 22.4 Å². The molecule has 3 rings (SSSR count). The highest BCUT2D eigenvalue weighted by atomic mass is 14.7. The molecule has 0 aliphatic rings. The minimum absolute atomic E-state index is 0.230. The number of nitrogens with zero attached hydrogens (tertiary/aromatic N) is 1. The van der Waals surface area contributed by atoms with Crippen LogP contribution in [-0.4, -0.2) is 4.98 Å². The Bertz CT molecular complexity index is 889. The zero-order valence-electron chi connectivity index (χ0n) is 16.8. The van der Waals surface area contributed by atoms with E-state index in [1.165, 1.54) is 0 Å². The van der Waals surface area contributed by atoms with E-state index in [1.807, 2.05) is 48.5 Å². The molecule has 0 amide bonds. The van der Waals surface area contributed by atoms with Gasteiger partial charge in [0, 0.05) is 14.0 Å². The molecular formula is C23H25N. The summed E-state index contributed by atoms with van der Waals surface area (Å²) in [4.78, 5) is 4.79. The molecule has 1 nitrogen and oxygen atoms in total. The number of pyridine rings is 1. The number of aromatic nitrogens is 1. The second kappa shape index (κ2) is 6.60. The van der Waals surface area contributed by atoms with Crippen molar-refractivity contribution in [2.24, 2.45) is 0 Å². The molecular weight excluding hydrogens is 290 g/mol. The van der Waals surface area contributed by atoms with Crippen molar-refractivity contribution in [3.8, 4) is 22.4 Å². The summed E-state index contributed by atoms with van der Waals surface area (Å²) in [5.74, 6) is 0. The predicted octanol–water partition coefficient (Wildman–Crippen LogP) is 6.28. The first-order chi connectivity index (χ1) is 12.2. The Morgan fingerprint density at radius 2 is 1.42 bits per heavy atom. The Hall–Kier alpha value is -2.41. The van der Waals surface area contributed by atoms with Crippen LogP contribution in [0.2, 0.25) is 0 Å². The lowest BCUT2D eigenvalue weighted by Crippen LogP contribution is -2.17. The highest BCUT2D eigenvalue weighted by molar-refractivity contribution is 5.75. The van der Waals surface area contributed by atoms with Gasteiger partial charge in [-0.25, -0.2) is 0 Å². The highest BCUT2D eigenvalue weighted by Gasteiger charge is 2.24. The van der Waals surface area contributed by atoms with Crippen molar-refractivity contribution < 1.29 is 2.74 Å². The van der Waals surface area contributed by atoms with E-state index in [-0.39, 0.29) is 5.41 Å². The van der Waals surface area contributed by atoms with Crippen LogP contribution in [-0.2, 0) is 11.8 Å². The van der Waals surface area contributed by atoms with Gasteiger partial charge in [0.15, 0.2) is 0 Å². The van der Waals surface area contributed by atoms with Crippen molar-refractivity contribution in [1.29, 1.82) is 0 Å². The lowest BCUT2D eigenvalue weighted by Gasteiger charge is -2.26. The topological polar surface area (TPSA) is 12.9 Å². The lowest BCUT2D eigenvalue weighted by molar-refractivity contribution is 0.581. The third-order valence-corrected chi connectivity index (χ3v) is 4.16. The largest absolute Gasteiger partial charge is 0.253 e. The van der Waals surface area contributed by atoms with Crippen LogP contribution in [0, 0.1) is 0 Å². The van der Waals surface area contributed by atoms with Gasteiger partial charge in [-0.2, -0.15) is 0 Å². The first-order valence-corrected chi connectivity index (χ1v) is 8.35. The summed E-state index contributed by atoms with van der Waals surface area (Å²) in [6, 6.07) is 22.3. The summed E-state index contributed by atoms with van der Waals surface area (Å²) in [6.45, 7) is 7.95. The maximum atomic E-state index is 8.42. The van der Waals surface area contributed by atoms with E-state index in [9.17, 15) is 0 Å². The molecule has 0 unspecified atom stereocenters. The molecule has 0 bridgehead atoms. The van der Waals surface area contributed by atoms with Crippen molar-refractivity contribution in [2.75, 3.05) is 0 Å². The molecule has 0 atom stereocenters. The van der Waals surface area contributed by atoms with Crippen LogP contribution in [0.15, 0.2) is 66.7 Å². The molecule has 0 spiro atoms. The summed E-state index contributed by atoms with van der Waals surface area (Å²) in [7, 11) is 0. The lowest BCUT2D eigenvalue weighted by atomic mass is 9.79. The van der Waals surface area contributed by atoms with Gasteiger partial charge in [-0.05, 0) is 34.5 Å². The second-order valence-corrected chi connectivity index (χ2v) is 7.01. The van der Waals surface area contributed by atoms with Crippen LogP contribution < -0.4 is 0 Å². The van der Waals surface area contributed by atoms with E-state index in [1.54, 1.807) is 6.92 Å². The number of hydrogen-bond acceptors (Lipinski definition) is 1. The van der Waals surface area contributed by atoms with E-state index >= 15 is 0 Å². The van der Waals surface area contributed by atoms with Crippen LogP contribution in [0.1, 0.15) is 41.7 Å². The fourth-order valence-corrected chi connectivity index (χ4v) is 3.09. The molecule has 0 aliphatic carbocycles. The quantitative estimate of drug-likeness (QED) is 0.554. The molecule has 0 saturated carbocycles. The molecule has 1 aromatic heterocycles. The van der Waals surface area contributed by atoms with Gasteiger partial charge in [-0.3, -0.25) is 4.98 Å². The zero-order chi connectivity index (χ0) is 18.9. The van der Waals surface area contributed by atoms with Gasteiger partial charge in [-0.15, -0.1) is 0 Å². The normalized spacial score (nSPS) is 13.3. The molecule has 0 fully saturated rings. The van der Waals surface area contributed by atoms with Crippen molar-refractivity contribution >= 4 is 0 Å². The molecule has 24 heavy (non-hydrogen) atoms. The number of hydrogen-bond donors (Lipinski definition) is 0. The summed E-state index contributed by atoms with van der Waals surface area (Å²) in [6.07, 6.45) is -1.53. The van der Waals surface area contributed by atoms with Gasteiger partial charge >= 0.3 is 0 Å². The maximum absolute atomic E-state index is 8.42. The molecule has 1 heteroatoms. The van der Waals surface area contributed by atoms with E-state index in [4.69, 9.17) is 7.73 Å². The molecule has 122 valence electrons. The molecule has 0 radical (unpaired) electrons. The van der Waals surface area contributed by atoms with E-state index < -0.39 is 6.37 Å². The third kappa shape index (κ3) is 3.26. The van der Waals surface area contributed by atoms with E-state index in [0.29, 0.717) is 5.69 Å². The first kappa shape index (κ1) is 14.0. The molecule has 0 saturated heterocycles. The fourth-order valence-electron chi connectivity index (χ4n) is 3.09. The Balaban J connectivity index is 2.40. The standard InChI is InChI=1S/C23H25N/c1-5-20-22(23(2,3)4)19(17-12-8-6-9-13-17)16-21(24-20)18-14-10-7-11-15-18/h6-16H,5H2,1-4H3/i5D2. The average Bonchev–Trinajstić information content (AvgIpc) is 2.60.